The van der Waals surface area contributed by atoms with Crippen molar-refractivity contribution in [3.8, 4) is 0 Å². The lowest BCUT2D eigenvalue weighted by atomic mass is 10.1. The van der Waals surface area contributed by atoms with Crippen LogP contribution in [0.1, 0.15) is 21.5 Å². The fraction of sp³-hybridized carbons (Fsp3) is 0.105. The highest BCUT2D eigenvalue weighted by Gasteiger charge is 2.12. The molecule has 3 aromatic rings. The molecule has 1 aromatic carbocycles. The minimum Gasteiger partial charge on any atom is -0.318 e. The van der Waals surface area contributed by atoms with E-state index in [9.17, 15) is 18.4 Å². The number of nitrogens with one attached hydrogen (secondary N) is 1. The molecule has 0 fully saturated rings. The van der Waals surface area contributed by atoms with Gasteiger partial charge in [0, 0.05) is 19.4 Å². The van der Waals surface area contributed by atoms with Crippen LogP contribution in [0.25, 0.3) is 0 Å². The lowest BCUT2D eigenvalue weighted by molar-refractivity contribution is 0.102. The SMILES string of the molecule is Cn1cccc(C(=O)Nc2ccc(Cc3ccc(F)c(F)c3)cn2)c1=O. The third-order valence-corrected chi connectivity index (χ3v) is 3.83. The monoisotopic (exact) mass is 355 g/mol. The van der Waals surface area contributed by atoms with Crippen LogP contribution in [0.3, 0.4) is 0 Å². The maximum atomic E-state index is 13.2. The van der Waals surface area contributed by atoms with Crippen LogP contribution in [0.15, 0.2) is 59.7 Å². The summed E-state index contributed by atoms with van der Waals surface area (Å²) < 4.78 is 27.5. The van der Waals surface area contributed by atoms with Crippen LogP contribution in [0.2, 0.25) is 0 Å². The summed E-state index contributed by atoms with van der Waals surface area (Å²) in [6, 6.07) is 10.1. The van der Waals surface area contributed by atoms with Crippen LogP contribution in [0.4, 0.5) is 14.6 Å². The van der Waals surface area contributed by atoms with Crippen LogP contribution in [-0.2, 0) is 13.5 Å². The zero-order valence-corrected chi connectivity index (χ0v) is 13.9. The average Bonchev–Trinajstić information content (AvgIpc) is 2.62. The van der Waals surface area contributed by atoms with Crippen molar-refractivity contribution in [1.82, 2.24) is 9.55 Å². The highest BCUT2D eigenvalue weighted by molar-refractivity contribution is 6.03. The Morgan fingerprint density at radius 3 is 2.58 bits per heavy atom. The van der Waals surface area contributed by atoms with E-state index in [0.717, 1.165) is 17.7 Å². The number of benzene rings is 1. The lowest BCUT2D eigenvalue weighted by Gasteiger charge is -2.07. The van der Waals surface area contributed by atoms with E-state index in [1.807, 2.05) is 0 Å². The number of hydrogen-bond donors (Lipinski definition) is 1. The molecule has 1 N–H and O–H groups in total. The zero-order valence-electron chi connectivity index (χ0n) is 13.9. The van der Waals surface area contributed by atoms with Gasteiger partial charge in [0.15, 0.2) is 11.6 Å². The van der Waals surface area contributed by atoms with Gasteiger partial charge in [0.05, 0.1) is 0 Å². The van der Waals surface area contributed by atoms with E-state index < -0.39 is 23.1 Å². The molecule has 1 amide bonds. The maximum Gasteiger partial charge on any atom is 0.263 e. The first kappa shape index (κ1) is 17.5. The maximum absolute atomic E-state index is 13.2. The standard InChI is InChI=1S/C19H15F2N3O2/c1-24-8-2-3-14(19(24)26)18(25)23-17-7-5-13(11-22-17)9-12-4-6-15(20)16(21)10-12/h2-8,10-11H,9H2,1H3,(H,22,23,25). The van der Waals surface area contributed by atoms with Crippen molar-refractivity contribution in [3.05, 3.63) is 93.5 Å². The Morgan fingerprint density at radius 2 is 1.88 bits per heavy atom. The van der Waals surface area contributed by atoms with Crippen LogP contribution in [0.5, 0.6) is 0 Å². The topological polar surface area (TPSA) is 64.0 Å². The van der Waals surface area contributed by atoms with Crippen molar-refractivity contribution in [2.24, 2.45) is 7.05 Å². The number of hydrogen-bond acceptors (Lipinski definition) is 3. The largest absolute Gasteiger partial charge is 0.318 e. The molecule has 0 saturated carbocycles. The minimum absolute atomic E-state index is 0.0164. The molecule has 0 atom stereocenters. The first-order chi connectivity index (χ1) is 12.4. The van der Waals surface area contributed by atoms with Gasteiger partial charge < -0.3 is 9.88 Å². The number of anilines is 1. The highest BCUT2D eigenvalue weighted by Crippen LogP contribution is 2.14. The summed E-state index contributed by atoms with van der Waals surface area (Å²) in [5.41, 5.74) is 0.988. The fourth-order valence-corrected chi connectivity index (χ4v) is 2.44. The van der Waals surface area contributed by atoms with Crippen molar-refractivity contribution in [2.75, 3.05) is 5.32 Å². The zero-order chi connectivity index (χ0) is 18.7. The first-order valence-electron chi connectivity index (χ1n) is 7.80. The Balaban J connectivity index is 1.71. The van der Waals surface area contributed by atoms with Gasteiger partial charge in [-0.3, -0.25) is 9.59 Å². The molecule has 0 aliphatic heterocycles. The number of pyridine rings is 2. The molecule has 0 bridgehead atoms. The summed E-state index contributed by atoms with van der Waals surface area (Å²) >= 11 is 0. The van der Waals surface area contributed by atoms with Gasteiger partial charge in [-0.1, -0.05) is 12.1 Å². The molecule has 0 spiro atoms. The van der Waals surface area contributed by atoms with Crippen LogP contribution in [-0.4, -0.2) is 15.5 Å². The summed E-state index contributed by atoms with van der Waals surface area (Å²) in [6.07, 6.45) is 3.46. The van der Waals surface area contributed by atoms with Gasteiger partial charge in [-0.25, -0.2) is 13.8 Å². The Kier molecular flexibility index (Phi) is 4.88. The first-order valence-corrected chi connectivity index (χ1v) is 7.80. The van der Waals surface area contributed by atoms with Crippen molar-refractivity contribution in [1.29, 1.82) is 0 Å². The van der Waals surface area contributed by atoms with Gasteiger partial charge in [-0.05, 0) is 47.9 Å². The van der Waals surface area contributed by atoms with Crippen molar-refractivity contribution >= 4 is 11.7 Å². The molecule has 0 saturated heterocycles. The number of nitrogens with zero attached hydrogens (tertiary/aromatic N) is 2. The number of rotatable bonds is 4. The van der Waals surface area contributed by atoms with E-state index in [2.05, 4.69) is 10.3 Å². The average molecular weight is 355 g/mol. The Hall–Kier alpha value is -3.35. The molecule has 0 aliphatic carbocycles. The van der Waals surface area contributed by atoms with E-state index in [1.165, 1.54) is 22.9 Å². The number of halogens is 2. The molecule has 0 radical (unpaired) electrons. The molecular formula is C19H15F2N3O2. The van der Waals surface area contributed by atoms with E-state index in [-0.39, 0.29) is 11.4 Å². The number of aromatic nitrogens is 2. The van der Waals surface area contributed by atoms with E-state index in [0.29, 0.717) is 12.0 Å². The summed E-state index contributed by atoms with van der Waals surface area (Å²) in [5, 5.41) is 2.56. The van der Waals surface area contributed by atoms with Crippen LogP contribution in [0, 0.1) is 11.6 Å². The number of aryl methyl sites for hydroxylation is 1. The molecule has 0 aliphatic rings. The molecule has 0 unspecified atom stereocenters. The Bertz CT molecular complexity index is 1010. The van der Waals surface area contributed by atoms with Gasteiger partial charge >= 0.3 is 0 Å². The lowest BCUT2D eigenvalue weighted by Crippen LogP contribution is -2.27. The minimum atomic E-state index is -0.899. The van der Waals surface area contributed by atoms with E-state index >= 15 is 0 Å². The molecule has 132 valence electrons. The predicted molar refractivity (Wildman–Crippen MR) is 93.0 cm³/mol. The third kappa shape index (κ3) is 3.83. The van der Waals surface area contributed by atoms with Crippen LogP contribution >= 0.6 is 0 Å². The van der Waals surface area contributed by atoms with Crippen LogP contribution < -0.4 is 10.9 Å². The molecule has 26 heavy (non-hydrogen) atoms. The van der Waals surface area contributed by atoms with Crippen molar-refractivity contribution in [3.63, 3.8) is 0 Å². The van der Waals surface area contributed by atoms with Gasteiger partial charge in [-0.15, -0.1) is 0 Å². The number of carbonyl (C=O) groups is 1. The third-order valence-electron chi connectivity index (χ3n) is 3.83. The van der Waals surface area contributed by atoms with Gasteiger partial charge in [0.2, 0.25) is 0 Å². The molecule has 5 nitrogen and oxygen atoms in total. The highest BCUT2D eigenvalue weighted by atomic mass is 19.2. The molecule has 2 aromatic heterocycles. The Labute approximate surface area is 147 Å². The Morgan fingerprint density at radius 1 is 1.12 bits per heavy atom. The second-order valence-corrected chi connectivity index (χ2v) is 5.77. The molecule has 3 rings (SSSR count). The van der Waals surface area contributed by atoms with Crippen molar-refractivity contribution < 1.29 is 13.6 Å². The van der Waals surface area contributed by atoms with E-state index in [4.69, 9.17) is 0 Å². The summed E-state index contributed by atoms with van der Waals surface area (Å²) in [7, 11) is 1.56. The van der Waals surface area contributed by atoms with Gasteiger partial charge in [0.1, 0.15) is 11.4 Å². The summed E-state index contributed by atoms with van der Waals surface area (Å²) in [5.74, 6) is -2.05. The smallest absolute Gasteiger partial charge is 0.263 e. The molecule has 2 heterocycles. The predicted octanol–water partition coefficient (Wildman–Crippen LogP) is 2.90. The fourth-order valence-electron chi connectivity index (χ4n) is 2.44. The van der Waals surface area contributed by atoms with E-state index in [1.54, 1.807) is 31.4 Å². The second-order valence-electron chi connectivity index (χ2n) is 5.77. The number of amides is 1. The van der Waals surface area contributed by atoms with Gasteiger partial charge in [0.25, 0.3) is 11.5 Å². The molecule has 7 heteroatoms. The van der Waals surface area contributed by atoms with Crippen molar-refractivity contribution in [2.45, 2.75) is 6.42 Å². The summed E-state index contributed by atoms with van der Waals surface area (Å²) in [4.78, 5) is 28.2. The molecular weight excluding hydrogens is 340 g/mol. The van der Waals surface area contributed by atoms with Gasteiger partial charge in [-0.2, -0.15) is 0 Å². The second kappa shape index (κ2) is 7.26. The number of carbonyl (C=O) groups excluding carboxylic acids is 1. The normalized spacial score (nSPS) is 10.6. The summed E-state index contributed by atoms with van der Waals surface area (Å²) in [6.45, 7) is 0. The quantitative estimate of drug-likeness (QED) is 0.783.